The normalized spacial score (nSPS) is 19.8. The van der Waals surface area contributed by atoms with Gasteiger partial charge in [0.2, 0.25) is 0 Å². The summed E-state index contributed by atoms with van der Waals surface area (Å²) in [5, 5.41) is 0. The summed E-state index contributed by atoms with van der Waals surface area (Å²) in [4.78, 5) is 11.2. The van der Waals surface area contributed by atoms with Crippen LogP contribution in [-0.4, -0.2) is 0 Å². The van der Waals surface area contributed by atoms with Crippen LogP contribution in [0.15, 0.2) is 52.1 Å². The summed E-state index contributed by atoms with van der Waals surface area (Å²) in [6.07, 6.45) is 7.99. The van der Waals surface area contributed by atoms with Crippen molar-refractivity contribution >= 4 is 0 Å². The maximum Gasteiger partial charge on any atom is 0.342 e. The molecular weight excluding hydrogens is 168 g/mol. The standard InChI is InChI=1S/C10H8O3/c11-10-8(4-3-7-13-10)9-5-1-2-6-12-9/h1-7,9H. The maximum atomic E-state index is 11.2. The fourth-order valence-electron chi connectivity index (χ4n) is 1.15. The fraction of sp³-hybridized carbons (Fsp3) is 0.100. The first-order valence-electron chi connectivity index (χ1n) is 3.94. The molecule has 0 saturated heterocycles. The molecule has 1 unspecified atom stereocenters. The van der Waals surface area contributed by atoms with E-state index in [0.717, 1.165) is 0 Å². The molecular formula is C10H8O3. The van der Waals surface area contributed by atoms with Gasteiger partial charge >= 0.3 is 5.63 Å². The van der Waals surface area contributed by atoms with Crippen molar-refractivity contribution in [3.63, 3.8) is 0 Å². The highest BCUT2D eigenvalue weighted by atomic mass is 16.5. The van der Waals surface area contributed by atoms with E-state index in [9.17, 15) is 4.79 Å². The highest BCUT2D eigenvalue weighted by molar-refractivity contribution is 5.20. The van der Waals surface area contributed by atoms with Crippen molar-refractivity contribution in [3.8, 4) is 0 Å². The Hall–Kier alpha value is -1.77. The number of ether oxygens (including phenoxy) is 1. The summed E-state index contributed by atoms with van der Waals surface area (Å²) in [6, 6.07) is 3.37. The van der Waals surface area contributed by atoms with Gasteiger partial charge in [0.1, 0.15) is 6.10 Å². The molecule has 0 aromatic carbocycles. The Morgan fingerprint density at radius 3 is 2.92 bits per heavy atom. The lowest BCUT2D eigenvalue weighted by Gasteiger charge is -2.13. The summed E-state index contributed by atoms with van der Waals surface area (Å²) in [7, 11) is 0. The van der Waals surface area contributed by atoms with Crippen LogP contribution in [0, 0.1) is 0 Å². The first-order valence-corrected chi connectivity index (χ1v) is 3.94. The minimum Gasteiger partial charge on any atom is -0.489 e. The van der Waals surface area contributed by atoms with Crippen LogP contribution in [0.25, 0.3) is 0 Å². The molecule has 1 aliphatic rings. The molecule has 0 spiro atoms. The van der Waals surface area contributed by atoms with Gasteiger partial charge in [0, 0.05) is 0 Å². The van der Waals surface area contributed by atoms with Crippen LogP contribution in [0.3, 0.4) is 0 Å². The first kappa shape index (κ1) is 7.86. The quantitative estimate of drug-likeness (QED) is 0.654. The van der Waals surface area contributed by atoms with E-state index >= 15 is 0 Å². The zero-order valence-electron chi connectivity index (χ0n) is 6.84. The van der Waals surface area contributed by atoms with Gasteiger partial charge < -0.3 is 9.15 Å². The Kier molecular flexibility index (Phi) is 2.00. The molecule has 0 bridgehead atoms. The van der Waals surface area contributed by atoms with E-state index in [-0.39, 0.29) is 11.7 Å². The minimum absolute atomic E-state index is 0.317. The third kappa shape index (κ3) is 1.54. The molecule has 0 fully saturated rings. The van der Waals surface area contributed by atoms with E-state index in [1.807, 2.05) is 6.08 Å². The van der Waals surface area contributed by atoms with Crippen LogP contribution in [0.5, 0.6) is 0 Å². The van der Waals surface area contributed by atoms with Crippen LogP contribution in [-0.2, 0) is 4.74 Å². The second kappa shape index (κ2) is 3.31. The summed E-state index contributed by atoms with van der Waals surface area (Å²) in [5.74, 6) is 0. The van der Waals surface area contributed by atoms with E-state index < -0.39 is 0 Å². The molecule has 1 atom stereocenters. The molecule has 0 saturated carbocycles. The smallest absolute Gasteiger partial charge is 0.342 e. The molecule has 3 heteroatoms. The predicted molar refractivity (Wildman–Crippen MR) is 47.1 cm³/mol. The van der Waals surface area contributed by atoms with Gasteiger partial charge in [-0.2, -0.15) is 0 Å². The Bertz CT molecular complexity index is 401. The molecule has 0 amide bonds. The Balaban J connectivity index is 2.36. The third-order valence-electron chi connectivity index (χ3n) is 1.77. The van der Waals surface area contributed by atoms with E-state index in [0.29, 0.717) is 5.56 Å². The van der Waals surface area contributed by atoms with E-state index in [2.05, 4.69) is 0 Å². The molecule has 0 N–H and O–H groups in total. The van der Waals surface area contributed by atoms with Gasteiger partial charge in [-0.1, -0.05) is 6.08 Å². The van der Waals surface area contributed by atoms with Gasteiger partial charge in [-0.3, -0.25) is 0 Å². The van der Waals surface area contributed by atoms with Gasteiger partial charge in [0.25, 0.3) is 0 Å². The molecule has 2 heterocycles. The Morgan fingerprint density at radius 2 is 2.23 bits per heavy atom. The van der Waals surface area contributed by atoms with Gasteiger partial charge in [-0.05, 0) is 24.3 Å². The van der Waals surface area contributed by atoms with Gasteiger partial charge in [-0.25, -0.2) is 4.79 Å². The lowest BCUT2D eigenvalue weighted by atomic mass is 10.1. The molecule has 0 radical (unpaired) electrons. The third-order valence-corrected chi connectivity index (χ3v) is 1.77. The van der Waals surface area contributed by atoms with E-state index in [1.54, 1.807) is 30.5 Å². The summed E-state index contributed by atoms with van der Waals surface area (Å²) in [5.41, 5.74) is 0.163. The highest BCUT2D eigenvalue weighted by Gasteiger charge is 2.13. The average Bonchev–Trinajstić information content (AvgIpc) is 2.20. The van der Waals surface area contributed by atoms with Crippen molar-refractivity contribution in [2.75, 3.05) is 0 Å². The zero-order chi connectivity index (χ0) is 9.10. The van der Waals surface area contributed by atoms with E-state index in [4.69, 9.17) is 9.15 Å². The maximum absolute atomic E-state index is 11.2. The lowest BCUT2D eigenvalue weighted by Crippen LogP contribution is -2.12. The average molecular weight is 176 g/mol. The van der Waals surface area contributed by atoms with Crippen molar-refractivity contribution < 1.29 is 9.15 Å². The molecule has 13 heavy (non-hydrogen) atoms. The number of hydrogen-bond donors (Lipinski definition) is 0. The molecule has 3 nitrogen and oxygen atoms in total. The topological polar surface area (TPSA) is 39.4 Å². The highest BCUT2D eigenvalue weighted by Crippen LogP contribution is 2.18. The summed E-state index contributed by atoms with van der Waals surface area (Å²) >= 11 is 0. The van der Waals surface area contributed by atoms with Crippen LogP contribution in [0.4, 0.5) is 0 Å². The van der Waals surface area contributed by atoms with Crippen LogP contribution < -0.4 is 5.63 Å². The molecule has 1 aromatic rings. The van der Waals surface area contributed by atoms with Gasteiger partial charge in [-0.15, -0.1) is 0 Å². The van der Waals surface area contributed by atoms with Gasteiger partial charge in [0.05, 0.1) is 18.1 Å². The van der Waals surface area contributed by atoms with Crippen molar-refractivity contribution in [2.24, 2.45) is 0 Å². The van der Waals surface area contributed by atoms with Crippen LogP contribution >= 0.6 is 0 Å². The van der Waals surface area contributed by atoms with Crippen molar-refractivity contribution in [1.29, 1.82) is 0 Å². The van der Waals surface area contributed by atoms with Crippen LogP contribution in [0.2, 0.25) is 0 Å². The second-order valence-corrected chi connectivity index (χ2v) is 2.63. The molecule has 1 aliphatic heterocycles. The minimum atomic E-state index is -0.354. The van der Waals surface area contributed by atoms with E-state index in [1.165, 1.54) is 6.26 Å². The zero-order valence-corrected chi connectivity index (χ0v) is 6.84. The van der Waals surface area contributed by atoms with Gasteiger partial charge in [0.15, 0.2) is 0 Å². The molecule has 2 rings (SSSR count). The second-order valence-electron chi connectivity index (χ2n) is 2.63. The van der Waals surface area contributed by atoms with Crippen molar-refractivity contribution in [3.05, 3.63) is 58.9 Å². The summed E-state index contributed by atoms with van der Waals surface area (Å²) in [6.45, 7) is 0. The number of rotatable bonds is 1. The predicted octanol–water partition coefficient (Wildman–Crippen LogP) is 1.78. The summed E-state index contributed by atoms with van der Waals surface area (Å²) < 4.78 is 9.94. The van der Waals surface area contributed by atoms with Crippen molar-refractivity contribution in [1.82, 2.24) is 0 Å². The largest absolute Gasteiger partial charge is 0.489 e. The molecule has 66 valence electrons. The Morgan fingerprint density at radius 1 is 1.31 bits per heavy atom. The SMILES string of the molecule is O=c1occcc1C1C=CC=CO1. The Labute approximate surface area is 75.0 Å². The van der Waals surface area contributed by atoms with Crippen LogP contribution in [0.1, 0.15) is 11.7 Å². The molecule has 0 aliphatic carbocycles. The molecule has 1 aromatic heterocycles. The first-order chi connectivity index (χ1) is 6.38. The number of hydrogen-bond acceptors (Lipinski definition) is 3. The monoisotopic (exact) mass is 176 g/mol. The lowest BCUT2D eigenvalue weighted by molar-refractivity contribution is 0.182. The fourth-order valence-corrected chi connectivity index (χ4v) is 1.15. The van der Waals surface area contributed by atoms with Crippen molar-refractivity contribution in [2.45, 2.75) is 6.10 Å². The number of allylic oxidation sites excluding steroid dienone is 2.